The number of rotatable bonds is 5. The second kappa shape index (κ2) is 6.76. The Morgan fingerprint density at radius 1 is 1.32 bits per heavy atom. The van der Waals surface area contributed by atoms with Crippen LogP contribution in [0, 0.1) is 24.2 Å². The molecule has 4 rings (SSSR count). The number of nitrogens with zero attached hydrogens (tertiary/aromatic N) is 2. The van der Waals surface area contributed by atoms with Crippen molar-refractivity contribution in [3.63, 3.8) is 0 Å². The van der Waals surface area contributed by atoms with Crippen molar-refractivity contribution >= 4 is 5.91 Å². The first-order chi connectivity index (χ1) is 12.1. The third-order valence-corrected chi connectivity index (χ3v) is 6.49. The van der Waals surface area contributed by atoms with Gasteiger partial charge in [0, 0.05) is 38.7 Å². The number of aryl methyl sites for hydroxylation is 1. The molecule has 1 spiro atoms. The SMILES string of the molecule is Cc1occc1C(=O)N1CCC2(CC1)CN(C)CC2COCC1CC1. The van der Waals surface area contributed by atoms with Gasteiger partial charge in [-0.2, -0.15) is 0 Å². The van der Waals surface area contributed by atoms with Crippen molar-refractivity contribution in [1.82, 2.24) is 9.80 Å². The number of ether oxygens (including phenoxy) is 1. The van der Waals surface area contributed by atoms with Crippen LogP contribution in [0.15, 0.2) is 16.7 Å². The first-order valence-corrected chi connectivity index (χ1v) is 9.67. The third-order valence-electron chi connectivity index (χ3n) is 6.49. The minimum atomic E-state index is 0.119. The fourth-order valence-electron chi connectivity index (χ4n) is 4.69. The number of piperidine rings is 1. The molecule has 0 aromatic carbocycles. The van der Waals surface area contributed by atoms with Gasteiger partial charge in [0.2, 0.25) is 0 Å². The molecule has 5 heteroatoms. The molecule has 1 aromatic rings. The summed E-state index contributed by atoms with van der Waals surface area (Å²) in [5.74, 6) is 2.27. The van der Waals surface area contributed by atoms with Crippen molar-refractivity contribution in [1.29, 1.82) is 0 Å². The van der Waals surface area contributed by atoms with Gasteiger partial charge < -0.3 is 19.0 Å². The van der Waals surface area contributed by atoms with Gasteiger partial charge in [-0.3, -0.25) is 4.79 Å². The van der Waals surface area contributed by atoms with Gasteiger partial charge in [-0.05, 0) is 57.1 Å². The van der Waals surface area contributed by atoms with Crippen molar-refractivity contribution in [2.75, 3.05) is 46.4 Å². The average Bonchev–Trinajstić information content (AvgIpc) is 3.24. The van der Waals surface area contributed by atoms with Gasteiger partial charge >= 0.3 is 0 Å². The van der Waals surface area contributed by atoms with Gasteiger partial charge in [-0.1, -0.05) is 0 Å². The molecular formula is C20H30N2O3. The molecular weight excluding hydrogens is 316 g/mol. The maximum absolute atomic E-state index is 12.7. The summed E-state index contributed by atoms with van der Waals surface area (Å²) in [6.07, 6.45) is 6.46. The minimum absolute atomic E-state index is 0.119. The fraction of sp³-hybridized carbons (Fsp3) is 0.750. The topological polar surface area (TPSA) is 45.9 Å². The zero-order chi connectivity index (χ0) is 17.4. The van der Waals surface area contributed by atoms with Crippen LogP contribution < -0.4 is 0 Å². The zero-order valence-corrected chi connectivity index (χ0v) is 15.5. The molecule has 25 heavy (non-hydrogen) atoms. The molecule has 1 amide bonds. The van der Waals surface area contributed by atoms with Crippen LogP contribution in [-0.2, 0) is 4.74 Å². The summed E-state index contributed by atoms with van der Waals surface area (Å²) in [5.41, 5.74) is 1.03. The first-order valence-electron chi connectivity index (χ1n) is 9.67. The molecule has 2 saturated heterocycles. The third kappa shape index (κ3) is 3.49. The van der Waals surface area contributed by atoms with Crippen LogP contribution in [-0.4, -0.2) is 62.1 Å². The van der Waals surface area contributed by atoms with Crippen molar-refractivity contribution in [3.8, 4) is 0 Å². The van der Waals surface area contributed by atoms with Crippen molar-refractivity contribution in [3.05, 3.63) is 23.7 Å². The van der Waals surface area contributed by atoms with Gasteiger partial charge in [-0.25, -0.2) is 0 Å². The Morgan fingerprint density at radius 2 is 2.08 bits per heavy atom. The molecule has 5 nitrogen and oxygen atoms in total. The number of hydrogen-bond acceptors (Lipinski definition) is 4. The van der Waals surface area contributed by atoms with Gasteiger partial charge in [0.1, 0.15) is 5.76 Å². The van der Waals surface area contributed by atoms with Gasteiger partial charge in [0.25, 0.3) is 5.91 Å². The van der Waals surface area contributed by atoms with Crippen molar-refractivity contribution in [2.24, 2.45) is 17.3 Å². The van der Waals surface area contributed by atoms with E-state index in [2.05, 4.69) is 11.9 Å². The van der Waals surface area contributed by atoms with Crippen LogP contribution in [0.5, 0.6) is 0 Å². The Hall–Kier alpha value is -1.33. The number of furan rings is 1. The molecule has 0 radical (unpaired) electrons. The van der Waals surface area contributed by atoms with E-state index in [-0.39, 0.29) is 5.91 Å². The lowest BCUT2D eigenvalue weighted by Gasteiger charge is -2.42. The number of carbonyl (C=O) groups is 1. The summed E-state index contributed by atoms with van der Waals surface area (Å²) < 4.78 is 11.3. The largest absolute Gasteiger partial charge is 0.469 e. The van der Waals surface area contributed by atoms with Crippen LogP contribution in [0.2, 0.25) is 0 Å². The molecule has 1 aliphatic carbocycles. The molecule has 3 heterocycles. The lowest BCUT2D eigenvalue weighted by atomic mass is 9.71. The fourth-order valence-corrected chi connectivity index (χ4v) is 4.69. The van der Waals surface area contributed by atoms with Crippen molar-refractivity contribution in [2.45, 2.75) is 32.6 Å². The maximum atomic E-state index is 12.7. The van der Waals surface area contributed by atoms with Gasteiger partial charge in [-0.15, -0.1) is 0 Å². The summed E-state index contributed by atoms with van der Waals surface area (Å²) >= 11 is 0. The maximum Gasteiger partial charge on any atom is 0.257 e. The Bertz CT molecular complexity index is 614. The summed E-state index contributed by atoms with van der Waals surface area (Å²) in [7, 11) is 2.22. The highest BCUT2D eigenvalue weighted by Crippen LogP contribution is 2.44. The van der Waals surface area contributed by atoms with E-state index in [1.165, 1.54) is 12.8 Å². The molecule has 2 aliphatic heterocycles. The first kappa shape index (κ1) is 17.1. The second-order valence-corrected chi connectivity index (χ2v) is 8.42. The van der Waals surface area contributed by atoms with Crippen molar-refractivity contribution < 1.29 is 13.9 Å². The predicted molar refractivity (Wildman–Crippen MR) is 95.5 cm³/mol. The number of amides is 1. The smallest absolute Gasteiger partial charge is 0.257 e. The van der Waals surface area contributed by atoms with Crippen LogP contribution in [0.4, 0.5) is 0 Å². The molecule has 3 aliphatic rings. The molecule has 0 N–H and O–H groups in total. The molecule has 1 atom stereocenters. The van der Waals surface area contributed by atoms with E-state index in [1.54, 1.807) is 12.3 Å². The van der Waals surface area contributed by atoms with E-state index in [0.29, 0.717) is 16.9 Å². The van der Waals surface area contributed by atoms with E-state index in [4.69, 9.17) is 9.15 Å². The number of carbonyl (C=O) groups excluding carboxylic acids is 1. The Balaban J connectivity index is 1.36. The summed E-state index contributed by atoms with van der Waals surface area (Å²) in [5, 5.41) is 0. The standard InChI is InChI=1S/C20H30N2O3/c1-15-18(5-10-25-15)19(23)22-8-6-20(7-9-22)14-21(2)11-17(20)13-24-12-16-3-4-16/h5,10,16-17H,3-4,6-9,11-14H2,1-2H3. The molecule has 138 valence electrons. The lowest BCUT2D eigenvalue weighted by molar-refractivity contribution is 0.0180. The summed E-state index contributed by atoms with van der Waals surface area (Å²) in [6, 6.07) is 1.79. The molecule has 3 fully saturated rings. The average molecular weight is 346 g/mol. The van der Waals surface area contributed by atoms with E-state index >= 15 is 0 Å². The zero-order valence-electron chi connectivity index (χ0n) is 15.5. The van der Waals surface area contributed by atoms with Crippen LogP contribution in [0.3, 0.4) is 0 Å². The Kier molecular flexibility index (Phi) is 4.63. The number of likely N-dealkylation sites (tertiary alicyclic amines) is 2. The lowest BCUT2D eigenvalue weighted by Crippen LogP contribution is -2.47. The Morgan fingerprint density at radius 3 is 2.72 bits per heavy atom. The van der Waals surface area contributed by atoms with Gasteiger partial charge in [0.05, 0.1) is 18.4 Å². The quantitative estimate of drug-likeness (QED) is 0.822. The van der Waals surface area contributed by atoms with Crippen LogP contribution in [0.25, 0.3) is 0 Å². The van der Waals surface area contributed by atoms with E-state index in [1.807, 2.05) is 11.8 Å². The molecule has 1 saturated carbocycles. The highest BCUT2D eigenvalue weighted by atomic mass is 16.5. The second-order valence-electron chi connectivity index (χ2n) is 8.42. The minimum Gasteiger partial charge on any atom is -0.469 e. The van der Waals surface area contributed by atoms with E-state index in [9.17, 15) is 4.79 Å². The van der Waals surface area contributed by atoms with E-state index in [0.717, 1.165) is 63.9 Å². The summed E-state index contributed by atoms with van der Waals surface area (Å²) in [4.78, 5) is 17.2. The highest BCUT2D eigenvalue weighted by Gasteiger charge is 2.47. The Labute approximate surface area is 150 Å². The summed E-state index contributed by atoms with van der Waals surface area (Å²) in [6.45, 7) is 7.64. The van der Waals surface area contributed by atoms with E-state index < -0.39 is 0 Å². The number of hydrogen-bond donors (Lipinski definition) is 0. The van der Waals surface area contributed by atoms with Crippen LogP contribution in [0.1, 0.15) is 41.8 Å². The molecule has 1 aromatic heterocycles. The predicted octanol–water partition coefficient (Wildman–Crippen LogP) is 2.80. The normalized spacial score (nSPS) is 26.5. The molecule has 1 unspecified atom stereocenters. The monoisotopic (exact) mass is 346 g/mol. The molecule has 0 bridgehead atoms. The van der Waals surface area contributed by atoms with Gasteiger partial charge in [0.15, 0.2) is 0 Å². The highest BCUT2D eigenvalue weighted by molar-refractivity contribution is 5.95. The van der Waals surface area contributed by atoms with Crippen LogP contribution >= 0.6 is 0 Å².